The number of sulfonamides is 1. The van der Waals surface area contributed by atoms with Crippen LogP contribution in [0.25, 0.3) is 27.5 Å². The molecule has 0 aliphatic heterocycles. The SMILES string of the molecule is O=c1[nH]c2c3ccccc3ccc2n(-c2ccc(NS(=O)(=O)c3ccccc3[N+](=O)[O-])cc2)c1=O. The van der Waals surface area contributed by atoms with Crippen LogP contribution in [0.5, 0.6) is 0 Å². The van der Waals surface area contributed by atoms with Gasteiger partial charge < -0.3 is 4.98 Å². The molecule has 0 radical (unpaired) electrons. The number of benzene rings is 4. The lowest BCUT2D eigenvalue weighted by atomic mass is 10.1. The standard InChI is InChI=1S/C24H16N4O6S/c29-23-24(30)27(20-14-9-15-5-1-2-6-18(15)22(20)25-23)17-12-10-16(11-13-17)26-35(33,34)21-8-4-3-7-19(21)28(31)32/h1-14,26H,(H,25,29). The van der Waals surface area contributed by atoms with E-state index in [4.69, 9.17) is 0 Å². The number of para-hydroxylation sites is 1. The molecule has 5 aromatic rings. The Morgan fingerprint density at radius 2 is 1.54 bits per heavy atom. The minimum absolute atomic E-state index is 0.125. The van der Waals surface area contributed by atoms with Gasteiger partial charge in [-0.1, -0.05) is 42.5 Å². The van der Waals surface area contributed by atoms with Crippen molar-refractivity contribution >= 4 is 43.2 Å². The molecule has 0 fully saturated rings. The quantitative estimate of drug-likeness (QED) is 0.168. The maximum Gasteiger partial charge on any atom is 0.321 e. The first-order valence-corrected chi connectivity index (χ1v) is 11.8. The Labute approximate surface area is 197 Å². The molecular formula is C24H16N4O6S. The molecule has 0 saturated heterocycles. The summed E-state index contributed by atoms with van der Waals surface area (Å²) in [7, 11) is -4.26. The van der Waals surface area contributed by atoms with Crippen LogP contribution < -0.4 is 15.8 Å². The van der Waals surface area contributed by atoms with Gasteiger partial charge in [0.2, 0.25) is 0 Å². The molecule has 0 amide bonds. The van der Waals surface area contributed by atoms with Crippen molar-refractivity contribution in [1.82, 2.24) is 9.55 Å². The van der Waals surface area contributed by atoms with Gasteiger partial charge in [0.15, 0.2) is 4.90 Å². The number of nitro benzene ring substituents is 1. The molecule has 0 spiro atoms. The van der Waals surface area contributed by atoms with Gasteiger partial charge in [0.25, 0.3) is 15.7 Å². The number of hydrogen-bond donors (Lipinski definition) is 2. The third-order valence-electron chi connectivity index (χ3n) is 5.51. The van der Waals surface area contributed by atoms with Gasteiger partial charge in [-0.2, -0.15) is 0 Å². The Balaban J connectivity index is 1.58. The summed E-state index contributed by atoms with van der Waals surface area (Å²) >= 11 is 0. The number of fused-ring (bicyclic) bond motifs is 3. The van der Waals surface area contributed by atoms with E-state index in [9.17, 15) is 28.1 Å². The van der Waals surface area contributed by atoms with E-state index in [0.717, 1.165) is 22.9 Å². The summed E-state index contributed by atoms with van der Waals surface area (Å²) < 4.78 is 29.1. The number of nitrogens with one attached hydrogen (secondary N) is 2. The van der Waals surface area contributed by atoms with Gasteiger partial charge in [0.1, 0.15) is 0 Å². The Morgan fingerprint density at radius 1 is 0.857 bits per heavy atom. The number of nitro groups is 1. The maximum atomic E-state index is 12.8. The van der Waals surface area contributed by atoms with E-state index in [1.54, 1.807) is 6.07 Å². The zero-order valence-corrected chi connectivity index (χ0v) is 18.7. The fourth-order valence-electron chi connectivity index (χ4n) is 3.94. The van der Waals surface area contributed by atoms with Gasteiger partial charge in [0, 0.05) is 22.8 Å². The highest BCUT2D eigenvalue weighted by Crippen LogP contribution is 2.27. The van der Waals surface area contributed by atoms with Crippen molar-refractivity contribution in [2.24, 2.45) is 0 Å². The number of rotatable bonds is 5. The topological polar surface area (TPSA) is 144 Å². The lowest BCUT2D eigenvalue weighted by Gasteiger charge is -2.13. The summed E-state index contributed by atoms with van der Waals surface area (Å²) in [5.41, 5.74) is -0.702. The van der Waals surface area contributed by atoms with Gasteiger partial charge in [0.05, 0.1) is 16.0 Å². The van der Waals surface area contributed by atoms with E-state index < -0.39 is 36.6 Å². The first-order valence-electron chi connectivity index (χ1n) is 10.3. The summed E-state index contributed by atoms with van der Waals surface area (Å²) in [5.74, 6) is 0. The minimum atomic E-state index is -4.26. The molecule has 0 bridgehead atoms. The molecule has 4 aromatic carbocycles. The highest BCUT2D eigenvalue weighted by molar-refractivity contribution is 7.92. The second-order valence-electron chi connectivity index (χ2n) is 7.65. The van der Waals surface area contributed by atoms with Crippen LogP contribution in [-0.2, 0) is 10.0 Å². The molecule has 35 heavy (non-hydrogen) atoms. The third-order valence-corrected chi connectivity index (χ3v) is 6.94. The maximum absolute atomic E-state index is 12.8. The molecule has 11 heteroatoms. The number of H-pyrrole nitrogens is 1. The van der Waals surface area contributed by atoms with E-state index in [2.05, 4.69) is 9.71 Å². The average molecular weight is 488 g/mol. The Morgan fingerprint density at radius 3 is 2.29 bits per heavy atom. The van der Waals surface area contributed by atoms with Gasteiger partial charge in [-0.25, -0.2) is 8.42 Å². The normalized spacial score (nSPS) is 11.5. The lowest BCUT2D eigenvalue weighted by molar-refractivity contribution is -0.387. The second kappa shape index (κ2) is 8.22. The Kier molecular flexibility index (Phi) is 5.18. The van der Waals surface area contributed by atoms with Crippen LogP contribution >= 0.6 is 0 Å². The summed E-state index contributed by atoms with van der Waals surface area (Å²) in [6, 6.07) is 21.7. The van der Waals surface area contributed by atoms with Crippen LogP contribution in [-0.4, -0.2) is 22.9 Å². The van der Waals surface area contributed by atoms with Crippen LogP contribution in [0.4, 0.5) is 11.4 Å². The van der Waals surface area contributed by atoms with Crippen LogP contribution in [0, 0.1) is 10.1 Å². The average Bonchev–Trinajstić information content (AvgIpc) is 2.85. The molecule has 0 atom stereocenters. The molecule has 0 aliphatic rings. The van der Waals surface area contributed by atoms with Crippen LogP contribution in [0.3, 0.4) is 0 Å². The lowest BCUT2D eigenvalue weighted by Crippen LogP contribution is -2.35. The van der Waals surface area contributed by atoms with Crippen molar-refractivity contribution in [3.8, 4) is 5.69 Å². The molecule has 0 saturated carbocycles. The number of aromatic amines is 1. The number of nitrogens with zero attached hydrogens (tertiary/aromatic N) is 2. The fourth-order valence-corrected chi connectivity index (χ4v) is 5.17. The van der Waals surface area contributed by atoms with Crippen molar-refractivity contribution in [2.45, 2.75) is 4.90 Å². The molecule has 2 N–H and O–H groups in total. The molecule has 1 aromatic heterocycles. The highest BCUT2D eigenvalue weighted by Gasteiger charge is 2.25. The molecule has 0 aliphatic carbocycles. The van der Waals surface area contributed by atoms with E-state index in [1.807, 2.05) is 30.3 Å². The third kappa shape index (κ3) is 3.83. The molecule has 10 nitrogen and oxygen atoms in total. The van der Waals surface area contributed by atoms with Crippen molar-refractivity contribution in [3.05, 3.63) is 116 Å². The predicted molar refractivity (Wildman–Crippen MR) is 132 cm³/mol. The van der Waals surface area contributed by atoms with Gasteiger partial charge in [-0.3, -0.25) is 29.0 Å². The van der Waals surface area contributed by atoms with E-state index in [1.165, 1.54) is 41.0 Å². The summed E-state index contributed by atoms with van der Waals surface area (Å²) in [6.45, 7) is 0. The van der Waals surface area contributed by atoms with Crippen molar-refractivity contribution in [2.75, 3.05) is 4.72 Å². The van der Waals surface area contributed by atoms with Crippen molar-refractivity contribution < 1.29 is 13.3 Å². The Hall–Kier alpha value is -4.77. The zero-order valence-electron chi connectivity index (χ0n) is 17.8. The molecule has 1 heterocycles. The van der Waals surface area contributed by atoms with Gasteiger partial charge in [-0.15, -0.1) is 0 Å². The fraction of sp³-hybridized carbons (Fsp3) is 0. The van der Waals surface area contributed by atoms with Crippen LogP contribution in [0.2, 0.25) is 0 Å². The number of aromatic nitrogens is 2. The van der Waals surface area contributed by atoms with Crippen molar-refractivity contribution in [3.63, 3.8) is 0 Å². The predicted octanol–water partition coefficient (Wildman–Crippen LogP) is 3.54. The smallest absolute Gasteiger partial charge is 0.315 e. The number of anilines is 1. The first kappa shape index (κ1) is 22.0. The molecule has 5 rings (SSSR count). The van der Waals surface area contributed by atoms with Gasteiger partial charge in [-0.05, 0) is 41.8 Å². The molecule has 174 valence electrons. The highest BCUT2D eigenvalue weighted by atomic mass is 32.2. The summed E-state index contributed by atoms with van der Waals surface area (Å²) in [4.78, 5) is 37.8. The van der Waals surface area contributed by atoms with Crippen molar-refractivity contribution in [1.29, 1.82) is 0 Å². The Bertz CT molecular complexity index is 1860. The van der Waals surface area contributed by atoms with E-state index in [-0.39, 0.29) is 5.69 Å². The first-order chi connectivity index (χ1) is 16.8. The van der Waals surface area contributed by atoms with Crippen LogP contribution in [0.1, 0.15) is 0 Å². The van der Waals surface area contributed by atoms with Gasteiger partial charge >= 0.3 is 11.1 Å². The summed E-state index contributed by atoms with van der Waals surface area (Å²) in [6.07, 6.45) is 0. The summed E-state index contributed by atoms with van der Waals surface area (Å²) in [5, 5.41) is 12.9. The molecular weight excluding hydrogens is 472 g/mol. The van der Waals surface area contributed by atoms with E-state index >= 15 is 0 Å². The zero-order chi connectivity index (χ0) is 24.7. The monoisotopic (exact) mass is 488 g/mol. The van der Waals surface area contributed by atoms with Crippen LogP contribution in [0.15, 0.2) is 99.4 Å². The second-order valence-corrected chi connectivity index (χ2v) is 9.30. The number of hydrogen-bond acceptors (Lipinski definition) is 6. The van der Waals surface area contributed by atoms with E-state index in [0.29, 0.717) is 16.7 Å². The molecule has 0 unspecified atom stereocenters. The largest absolute Gasteiger partial charge is 0.321 e. The minimum Gasteiger partial charge on any atom is -0.315 e.